The highest BCUT2D eigenvalue weighted by atomic mass is 16.5. The number of aromatic nitrogens is 1. The van der Waals surface area contributed by atoms with Gasteiger partial charge < -0.3 is 14.9 Å². The van der Waals surface area contributed by atoms with Gasteiger partial charge in [0.15, 0.2) is 11.9 Å². The molecule has 1 aromatic heterocycles. The molecule has 1 heterocycles. The Morgan fingerprint density at radius 3 is 2.63 bits per heavy atom. The first-order valence-corrected chi connectivity index (χ1v) is 6.08. The van der Waals surface area contributed by atoms with Crippen LogP contribution in [0.2, 0.25) is 0 Å². The van der Waals surface area contributed by atoms with E-state index in [9.17, 15) is 9.90 Å². The summed E-state index contributed by atoms with van der Waals surface area (Å²) in [5, 5.41) is 16.2. The van der Waals surface area contributed by atoms with Gasteiger partial charge in [-0.2, -0.15) is 0 Å². The molecule has 2 N–H and O–H groups in total. The fourth-order valence-electron chi connectivity index (χ4n) is 1.75. The van der Waals surface area contributed by atoms with Crippen molar-refractivity contribution in [3.8, 4) is 0 Å². The third-order valence-electron chi connectivity index (χ3n) is 2.74. The van der Waals surface area contributed by atoms with Gasteiger partial charge in [-0.1, -0.05) is 49.3 Å². The molecule has 0 aliphatic heterocycles. The number of aliphatic hydroxyl groups is 1. The van der Waals surface area contributed by atoms with Gasteiger partial charge in [0.2, 0.25) is 0 Å². The standard InChI is InChI=1S/C14H16N2O3/c1-9(2)13-11(8-15-19-13)16-14(18)12(17)10-6-4-3-5-7-10/h3-9,12,17H,1-2H3,(H,16,18)/t12-/m1/s1. The fraction of sp³-hybridized carbons (Fsp3) is 0.286. The Balaban J connectivity index is 2.11. The zero-order valence-corrected chi connectivity index (χ0v) is 10.8. The number of aliphatic hydroxyl groups excluding tert-OH is 1. The second-order valence-electron chi connectivity index (χ2n) is 4.56. The summed E-state index contributed by atoms with van der Waals surface area (Å²) >= 11 is 0. The zero-order chi connectivity index (χ0) is 13.8. The molecular formula is C14H16N2O3. The fourth-order valence-corrected chi connectivity index (χ4v) is 1.75. The Labute approximate surface area is 111 Å². The summed E-state index contributed by atoms with van der Waals surface area (Å²) in [7, 11) is 0. The number of nitrogens with one attached hydrogen (secondary N) is 1. The first-order valence-electron chi connectivity index (χ1n) is 6.08. The van der Waals surface area contributed by atoms with E-state index in [-0.39, 0.29) is 5.92 Å². The summed E-state index contributed by atoms with van der Waals surface area (Å²) < 4.78 is 5.07. The number of anilines is 1. The second-order valence-corrected chi connectivity index (χ2v) is 4.56. The average molecular weight is 260 g/mol. The maximum Gasteiger partial charge on any atom is 0.257 e. The van der Waals surface area contributed by atoms with Gasteiger partial charge in [-0.3, -0.25) is 4.79 Å². The van der Waals surface area contributed by atoms with E-state index in [4.69, 9.17) is 4.52 Å². The number of nitrogens with zero attached hydrogens (tertiary/aromatic N) is 1. The van der Waals surface area contributed by atoms with E-state index in [1.165, 1.54) is 6.20 Å². The molecule has 0 fully saturated rings. The van der Waals surface area contributed by atoms with Crippen LogP contribution in [0.15, 0.2) is 41.1 Å². The summed E-state index contributed by atoms with van der Waals surface area (Å²) in [6, 6.07) is 8.75. The molecular weight excluding hydrogens is 244 g/mol. The van der Waals surface area contributed by atoms with Gasteiger partial charge in [-0.25, -0.2) is 0 Å². The summed E-state index contributed by atoms with van der Waals surface area (Å²) in [6.45, 7) is 3.87. The van der Waals surface area contributed by atoms with E-state index in [1.807, 2.05) is 19.9 Å². The van der Waals surface area contributed by atoms with Gasteiger partial charge in [-0.15, -0.1) is 0 Å². The van der Waals surface area contributed by atoms with Crippen LogP contribution in [0.1, 0.15) is 37.2 Å². The van der Waals surface area contributed by atoms with E-state index >= 15 is 0 Å². The van der Waals surface area contributed by atoms with Crippen molar-refractivity contribution in [3.05, 3.63) is 47.9 Å². The number of hydrogen-bond acceptors (Lipinski definition) is 4. The molecule has 0 aliphatic rings. The number of hydrogen-bond donors (Lipinski definition) is 2. The molecule has 0 aliphatic carbocycles. The lowest BCUT2D eigenvalue weighted by atomic mass is 10.1. The third-order valence-corrected chi connectivity index (χ3v) is 2.74. The van der Waals surface area contributed by atoms with Crippen LogP contribution in [0.25, 0.3) is 0 Å². The van der Waals surface area contributed by atoms with Crippen molar-refractivity contribution in [2.75, 3.05) is 5.32 Å². The summed E-state index contributed by atoms with van der Waals surface area (Å²) in [6.07, 6.45) is 0.224. The van der Waals surface area contributed by atoms with Crippen molar-refractivity contribution in [3.63, 3.8) is 0 Å². The quantitative estimate of drug-likeness (QED) is 0.885. The number of amides is 1. The smallest absolute Gasteiger partial charge is 0.257 e. The Bertz CT molecular complexity index is 549. The predicted octanol–water partition coefficient (Wildman–Crippen LogP) is 2.47. The number of rotatable bonds is 4. The lowest BCUT2D eigenvalue weighted by Gasteiger charge is -2.11. The molecule has 1 amide bonds. The maximum atomic E-state index is 12.0. The van der Waals surface area contributed by atoms with Crippen LogP contribution in [0.5, 0.6) is 0 Å². The molecule has 0 unspecified atom stereocenters. The van der Waals surface area contributed by atoms with E-state index in [0.717, 1.165) is 0 Å². The van der Waals surface area contributed by atoms with E-state index in [1.54, 1.807) is 24.3 Å². The van der Waals surface area contributed by atoms with Crippen LogP contribution in [-0.2, 0) is 4.79 Å². The number of carbonyl (C=O) groups excluding carboxylic acids is 1. The van der Waals surface area contributed by atoms with Crippen molar-refractivity contribution >= 4 is 11.6 Å². The largest absolute Gasteiger partial charge is 0.378 e. The first kappa shape index (κ1) is 13.3. The molecule has 5 nitrogen and oxygen atoms in total. The van der Waals surface area contributed by atoms with E-state index < -0.39 is 12.0 Å². The lowest BCUT2D eigenvalue weighted by Crippen LogP contribution is -2.21. The highest BCUT2D eigenvalue weighted by Crippen LogP contribution is 2.24. The molecule has 0 saturated heterocycles. The first-order chi connectivity index (χ1) is 9.09. The van der Waals surface area contributed by atoms with Gasteiger partial charge in [0.1, 0.15) is 5.69 Å². The van der Waals surface area contributed by atoms with Crippen molar-refractivity contribution in [2.45, 2.75) is 25.9 Å². The molecule has 2 aromatic rings. The second kappa shape index (κ2) is 5.67. The van der Waals surface area contributed by atoms with Crippen molar-refractivity contribution < 1.29 is 14.4 Å². The molecule has 2 rings (SSSR count). The molecule has 19 heavy (non-hydrogen) atoms. The Kier molecular flexibility index (Phi) is 3.97. The molecule has 0 spiro atoms. The molecule has 1 atom stereocenters. The molecule has 1 aromatic carbocycles. The normalized spacial score (nSPS) is 12.4. The van der Waals surface area contributed by atoms with Crippen molar-refractivity contribution in [1.82, 2.24) is 5.16 Å². The van der Waals surface area contributed by atoms with Crippen LogP contribution >= 0.6 is 0 Å². The summed E-state index contributed by atoms with van der Waals surface area (Å²) in [5.41, 5.74) is 1.04. The summed E-state index contributed by atoms with van der Waals surface area (Å²) in [5.74, 6) is 0.191. The minimum atomic E-state index is -1.21. The lowest BCUT2D eigenvalue weighted by molar-refractivity contribution is -0.124. The highest BCUT2D eigenvalue weighted by Gasteiger charge is 2.20. The monoisotopic (exact) mass is 260 g/mol. The minimum Gasteiger partial charge on any atom is -0.378 e. The molecule has 5 heteroatoms. The molecule has 0 bridgehead atoms. The Hall–Kier alpha value is -2.14. The Morgan fingerprint density at radius 1 is 1.32 bits per heavy atom. The predicted molar refractivity (Wildman–Crippen MR) is 70.6 cm³/mol. The van der Waals surface area contributed by atoms with Gasteiger partial charge in [0.05, 0.1) is 6.20 Å². The SMILES string of the molecule is CC(C)c1oncc1NC(=O)[C@H](O)c1ccccc1. The van der Waals surface area contributed by atoms with E-state index in [2.05, 4.69) is 10.5 Å². The van der Waals surface area contributed by atoms with Crippen LogP contribution in [-0.4, -0.2) is 16.2 Å². The highest BCUT2D eigenvalue weighted by molar-refractivity contribution is 5.94. The van der Waals surface area contributed by atoms with Gasteiger partial charge in [0, 0.05) is 5.92 Å². The van der Waals surface area contributed by atoms with Gasteiger partial charge in [0.25, 0.3) is 5.91 Å². The van der Waals surface area contributed by atoms with Gasteiger partial charge in [-0.05, 0) is 5.56 Å². The average Bonchev–Trinajstić information content (AvgIpc) is 2.87. The minimum absolute atomic E-state index is 0.103. The van der Waals surface area contributed by atoms with Crippen LogP contribution < -0.4 is 5.32 Å². The van der Waals surface area contributed by atoms with Crippen LogP contribution in [0.3, 0.4) is 0 Å². The van der Waals surface area contributed by atoms with E-state index in [0.29, 0.717) is 17.0 Å². The van der Waals surface area contributed by atoms with Crippen LogP contribution in [0, 0.1) is 0 Å². The number of carbonyl (C=O) groups is 1. The number of benzene rings is 1. The van der Waals surface area contributed by atoms with Crippen molar-refractivity contribution in [2.24, 2.45) is 0 Å². The van der Waals surface area contributed by atoms with Gasteiger partial charge >= 0.3 is 0 Å². The third kappa shape index (κ3) is 3.00. The summed E-state index contributed by atoms with van der Waals surface area (Å²) in [4.78, 5) is 12.0. The zero-order valence-electron chi connectivity index (χ0n) is 10.8. The molecule has 100 valence electrons. The Morgan fingerprint density at radius 2 is 2.00 bits per heavy atom. The molecule has 0 radical (unpaired) electrons. The molecule has 0 saturated carbocycles. The van der Waals surface area contributed by atoms with Crippen molar-refractivity contribution in [1.29, 1.82) is 0 Å². The topological polar surface area (TPSA) is 75.4 Å². The van der Waals surface area contributed by atoms with Crippen LogP contribution in [0.4, 0.5) is 5.69 Å². The maximum absolute atomic E-state index is 12.0.